The van der Waals surface area contributed by atoms with Gasteiger partial charge in [0.15, 0.2) is 0 Å². The van der Waals surface area contributed by atoms with Crippen molar-refractivity contribution in [1.29, 1.82) is 0 Å². The van der Waals surface area contributed by atoms with E-state index in [9.17, 15) is 0 Å². The van der Waals surface area contributed by atoms with E-state index in [1.165, 1.54) is 19.4 Å². The highest BCUT2D eigenvalue weighted by molar-refractivity contribution is 4.90. The van der Waals surface area contributed by atoms with Gasteiger partial charge in [0, 0.05) is 25.7 Å². The fourth-order valence-electron chi connectivity index (χ4n) is 2.17. The van der Waals surface area contributed by atoms with Crippen LogP contribution in [0.5, 0.6) is 0 Å². The molecule has 3 nitrogen and oxygen atoms in total. The lowest BCUT2D eigenvalue weighted by molar-refractivity contribution is 0.0703. The van der Waals surface area contributed by atoms with Gasteiger partial charge in [0.2, 0.25) is 0 Å². The summed E-state index contributed by atoms with van der Waals surface area (Å²) in [7, 11) is 0. The molecule has 0 aromatic heterocycles. The minimum absolute atomic E-state index is 0.522. The Kier molecular flexibility index (Phi) is 4.65. The van der Waals surface area contributed by atoms with Crippen molar-refractivity contribution in [2.45, 2.75) is 25.3 Å². The molecule has 1 saturated heterocycles. The standard InChI is InChI=1S/C13H22N2O/c1-2-7-15(10-12-3-4-12)8-5-13-11-16-9-6-14-13/h1,12-14H,3-11H2. The molecule has 1 heterocycles. The van der Waals surface area contributed by atoms with Gasteiger partial charge in [-0.25, -0.2) is 0 Å². The molecule has 0 amide bonds. The van der Waals surface area contributed by atoms with Gasteiger partial charge in [-0.3, -0.25) is 4.90 Å². The number of ether oxygens (including phenoxy) is 1. The van der Waals surface area contributed by atoms with Crippen LogP contribution in [-0.2, 0) is 4.74 Å². The molecule has 1 aliphatic carbocycles. The Bertz CT molecular complexity index is 239. The maximum Gasteiger partial charge on any atom is 0.0620 e. The second kappa shape index (κ2) is 6.24. The second-order valence-electron chi connectivity index (χ2n) is 4.90. The smallest absolute Gasteiger partial charge is 0.0620 e. The number of nitrogens with zero attached hydrogens (tertiary/aromatic N) is 1. The molecule has 0 aromatic carbocycles. The summed E-state index contributed by atoms with van der Waals surface area (Å²) in [5, 5.41) is 3.48. The fourth-order valence-corrected chi connectivity index (χ4v) is 2.17. The van der Waals surface area contributed by atoms with Gasteiger partial charge < -0.3 is 10.1 Å². The fraction of sp³-hybridized carbons (Fsp3) is 0.846. The van der Waals surface area contributed by atoms with Gasteiger partial charge in [0.1, 0.15) is 0 Å². The molecule has 1 aliphatic heterocycles. The Labute approximate surface area is 98.5 Å². The molecular weight excluding hydrogens is 200 g/mol. The predicted molar refractivity (Wildman–Crippen MR) is 65.2 cm³/mol. The van der Waals surface area contributed by atoms with Crippen LogP contribution >= 0.6 is 0 Å². The van der Waals surface area contributed by atoms with E-state index < -0.39 is 0 Å². The van der Waals surface area contributed by atoms with Crippen LogP contribution in [0.3, 0.4) is 0 Å². The maximum absolute atomic E-state index is 5.45. The monoisotopic (exact) mass is 222 g/mol. The molecular formula is C13H22N2O. The van der Waals surface area contributed by atoms with Crippen LogP contribution in [0.4, 0.5) is 0 Å². The molecule has 16 heavy (non-hydrogen) atoms. The second-order valence-corrected chi connectivity index (χ2v) is 4.90. The zero-order valence-corrected chi connectivity index (χ0v) is 9.95. The predicted octanol–water partition coefficient (Wildman–Crippen LogP) is 0.710. The van der Waals surface area contributed by atoms with Crippen LogP contribution in [-0.4, -0.2) is 50.3 Å². The molecule has 2 rings (SSSR count). The van der Waals surface area contributed by atoms with E-state index in [1.54, 1.807) is 0 Å². The summed E-state index contributed by atoms with van der Waals surface area (Å²) < 4.78 is 5.45. The molecule has 1 N–H and O–H groups in total. The van der Waals surface area contributed by atoms with Crippen molar-refractivity contribution in [1.82, 2.24) is 10.2 Å². The highest BCUT2D eigenvalue weighted by Gasteiger charge is 2.24. The van der Waals surface area contributed by atoms with E-state index >= 15 is 0 Å². The lowest BCUT2D eigenvalue weighted by Gasteiger charge is -2.27. The topological polar surface area (TPSA) is 24.5 Å². The first-order valence-electron chi connectivity index (χ1n) is 6.35. The van der Waals surface area contributed by atoms with Crippen LogP contribution < -0.4 is 5.32 Å². The van der Waals surface area contributed by atoms with Crippen molar-refractivity contribution < 1.29 is 4.74 Å². The first-order valence-corrected chi connectivity index (χ1v) is 6.35. The van der Waals surface area contributed by atoms with Crippen LogP contribution in [0, 0.1) is 18.3 Å². The van der Waals surface area contributed by atoms with E-state index in [1.807, 2.05) is 0 Å². The third kappa shape index (κ3) is 4.13. The van der Waals surface area contributed by atoms with Crippen LogP contribution in [0.25, 0.3) is 0 Å². The summed E-state index contributed by atoms with van der Waals surface area (Å²) >= 11 is 0. The van der Waals surface area contributed by atoms with E-state index in [2.05, 4.69) is 16.1 Å². The summed E-state index contributed by atoms with van der Waals surface area (Å²) in [5.74, 6) is 3.68. The van der Waals surface area contributed by atoms with Crippen molar-refractivity contribution in [3.63, 3.8) is 0 Å². The van der Waals surface area contributed by atoms with Crippen molar-refractivity contribution >= 4 is 0 Å². The zero-order chi connectivity index (χ0) is 11.2. The van der Waals surface area contributed by atoms with Crippen LogP contribution in [0.1, 0.15) is 19.3 Å². The third-order valence-corrected chi connectivity index (χ3v) is 3.32. The lowest BCUT2D eigenvalue weighted by atomic mass is 10.2. The normalized spacial score (nSPS) is 25.6. The van der Waals surface area contributed by atoms with Gasteiger partial charge in [-0.1, -0.05) is 5.92 Å². The van der Waals surface area contributed by atoms with Crippen molar-refractivity contribution in [2.75, 3.05) is 39.4 Å². The van der Waals surface area contributed by atoms with Gasteiger partial charge >= 0.3 is 0 Å². The van der Waals surface area contributed by atoms with Gasteiger partial charge in [0.25, 0.3) is 0 Å². The summed E-state index contributed by atoms with van der Waals surface area (Å²) in [6, 6.07) is 0.522. The minimum Gasteiger partial charge on any atom is -0.379 e. The molecule has 3 heteroatoms. The summed E-state index contributed by atoms with van der Waals surface area (Å²) in [5.41, 5.74) is 0. The molecule has 1 unspecified atom stereocenters. The number of rotatable bonds is 6. The third-order valence-electron chi connectivity index (χ3n) is 3.32. The summed E-state index contributed by atoms with van der Waals surface area (Å²) in [4.78, 5) is 2.41. The largest absolute Gasteiger partial charge is 0.379 e. The Hall–Kier alpha value is -0.560. The van der Waals surface area contributed by atoms with Gasteiger partial charge in [0.05, 0.1) is 19.8 Å². The Balaban J connectivity index is 1.65. The number of terminal acetylenes is 1. The zero-order valence-electron chi connectivity index (χ0n) is 9.95. The molecule has 2 fully saturated rings. The van der Waals surface area contributed by atoms with E-state index in [0.717, 1.165) is 45.2 Å². The van der Waals surface area contributed by atoms with Gasteiger partial charge in [-0.2, -0.15) is 0 Å². The summed E-state index contributed by atoms with van der Waals surface area (Å²) in [6.07, 6.45) is 9.34. The quantitative estimate of drug-likeness (QED) is 0.670. The minimum atomic E-state index is 0.522. The number of hydrogen-bond donors (Lipinski definition) is 1. The summed E-state index contributed by atoms with van der Waals surface area (Å²) in [6.45, 7) is 5.78. The van der Waals surface area contributed by atoms with Crippen molar-refractivity contribution in [3.05, 3.63) is 0 Å². The number of morpholine rings is 1. The van der Waals surface area contributed by atoms with E-state index in [0.29, 0.717) is 6.04 Å². The highest BCUT2D eigenvalue weighted by atomic mass is 16.5. The molecule has 2 aliphatic rings. The molecule has 0 aromatic rings. The van der Waals surface area contributed by atoms with E-state index in [-0.39, 0.29) is 0 Å². The molecule has 0 spiro atoms. The maximum atomic E-state index is 5.45. The molecule has 90 valence electrons. The Morgan fingerprint density at radius 3 is 2.94 bits per heavy atom. The van der Waals surface area contributed by atoms with E-state index in [4.69, 9.17) is 11.2 Å². The molecule has 1 saturated carbocycles. The first kappa shape index (κ1) is 11.9. The SMILES string of the molecule is C#CCN(CCC1COCCN1)CC1CC1. The molecule has 1 atom stereocenters. The Morgan fingerprint density at radius 1 is 1.44 bits per heavy atom. The van der Waals surface area contributed by atoms with Crippen LogP contribution in [0.2, 0.25) is 0 Å². The molecule has 0 radical (unpaired) electrons. The molecule has 0 bridgehead atoms. The van der Waals surface area contributed by atoms with Crippen molar-refractivity contribution in [3.8, 4) is 12.3 Å². The highest BCUT2D eigenvalue weighted by Crippen LogP contribution is 2.29. The van der Waals surface area contributed by atoms with Gasteiger partial charge in [-0.15, -0.1) is 6.42 Å². The average Bonchev–Trinajstić information content (AvgIpc) is 3.12. The Morgan fingerprint density at radius 2 is 2.31 bits per heavy atom. The number of hydrogen-bond acceptors (Lipinski definition) is 3. The van der Waals surface area contributed by atoms with Crippen LogP contribution in [0.15, 0.2) is 0 Å². The lowest BCUT2D eigenvalue weighted by Crippen LogP contribution is -2.43. The average molecular weight is 222 g/mol. The first-order chi connectivity index (χ1) is 7.88. The van der Waals surface area contributed by atoms with Gasteiger partial charge in [-0.05, 0) is 25.2 Å². The van der Waals surface area contributed by atoms with Crippen molar-refractivity contribution in [2.24, 2.45) is 5.92 Å². The number of nitrogens with one attached hydrogen (secondary N) is 1.